The molecular weight excluding hydrogens is 292 g/mol. The first-order chi connectivity index (χ1) is 11.2. The molecule has 0 radical (unpaired) electrons. The van der Waals surface area contributed by atoms with Gasteiger partial charge >= 0.3 is 0 Å². The number of rotatable bonds is 5. The first-order valence-electron chi connectivity index (χ1n) is 8.42. The van der Waals surface area contributed by atoms with Gasteiger partial charge in [0.1, 0.15) is 0 Å². The van der Waals surface area contributed by atoms with Crippen LogP contribution in [-0.2, 0) is 16.0 Å². The molecule has 0 spiro atoms. The lowest BCUT2D eigenvalue weighted by molar-refractivity contribution is -0.0608. The van der Waals surface area contributed by atoms with Crippen LogP contribution in [0.4, 0.5) is 0 Å². The number of ether oxygens (including phenoxy) is 2. The molecular formula is C18H26N2O3. The predicted molar refractivity (Wildman–Crippen MR) is 88.1 cm³/mol. The van der Waals surface area contributed by atoms with E-state index in [4.69, 9.17) is 15.2 Å². The molecule has 2 aliphatic rings. The Hall–Kier alpha value is -1.43. The molecule has 1 aromatic carbocycles. The fourth-order valence-corrected chi connectivity index (χ4v) is 3.94. The monoisotopic (exact) mass is 318 g/mol. The maximum Gasteiger partial charge on any atom is 0.248 e. The molecule has 3 atom stereocenters. The Labute approximate surface area is 137 Å². The van der Waals surface area contributed by atoms with Crippen LogP contribution in [0.25, 0.3) is 0 Å². The molecule has 1 heterocycles. The SMILES string of the molecule is CO[C@@H]1CCC[C@H]1[C@H]1COCCN1Cc1ccc(C(N)=O)cc1. The molecule has 1 saturated heterocycles. The standard InChI is InChI=1S/C18H26N2O3/c1-22-17-4-2-3-15(17)16-12-23-10-9-20(16)11-13-5-7-14(8-6-13)18(19)21/h5-8,15-17H,2-4,9-12H2,1H3,(H2,19,21)/t15-,16+,17+/m0/s1. The lowest BCUT2D eigenvalue weighted by Gasteiger charge is -2.40. The van der Waals surface area contributed by atoms with Gasteiger partial charge in [0, 0.05) is 37.7 Å². The Bertz CT molecular complexity index is 532. The maximum absolute atomic E-state index is 11.2. The Kier molecular flexibility index (Phi) is 5.30. The minimum atomic E-state index is -0.380. The molecule has 2 fully saturated rings. The van der Waals surface area contributed by atoms with E-state index in [1.165, 1.54) is 18.4 Å². The summed E-state index contributed by atoms with van der Waals surface area (Å²) in [6.45, 7) is 3.37. The first-order valence-corrected chi connectivity index (χ1v) is 8.42. The van der Waals surface area contributed by atoms with E-state index in [-0.39, 0.29) is 5.91 Å². The molecule has 5 nitrogen and oxygen atoms in total. The van der Waals surface area contributed by atoms with Crippen LogP contribution < -0.4 is 5.73 Å². The average molecular weight is 318 g/mol. The maximum atomic E-state index is 11.2. The quantitative estimate of drug-likeness (QED) is 0.899. The third-order valence-corrected chi connectivity index (χ3v) is 5.21. The van der Waals surface area contributed by atoms with Gasteiger partial charge < -0.3 is 15.2 Å². The normalized spacial score (nSPS) is 28.8. The van der Waals surface area contributed by atoms with Gasteiger partial charge in [-0.25, -0.2) is 0 Å². The summed E-state index contributed by atoms with van der Waals surface area (Å²) in [5.74, 6) is 0.167. The summed E-state index contributed by atoms with van der Waals surface area (Å²) in [7, 11) is 1.82. The van der Waals surface area contributed by atoms with Gasteiger partial charge in [0.15, 0.2) is 0 Å². The van der Waals surface area contributed by atoms with Crippen molar-refractivity contribution in [2.75, 3.05) is 26.9 Å². The fraction of sp³-hybridized carbons (Fsp3) is 0.611. The number of nitrogens with two attached hydrogens (primary N) is 1. The van der Waals surface area contributed by atoms with Crippen molar-refractivity contribution in [2.24, 2.45) is 11.7 Å². The average Bonchev–Trinajstić information content (AvgIpc) is 3.04. The second-order valence-electron chi connectivity index (χ2n) is 6.54. The first kappa shape index (κ1) is 16.4. The topological polar surface area (TPSA) is 64.8 Å². The van der Waals surface area contributed by atoms with E-state index < -0.39 is 0 Å². The summed E-state index contributed by atoms with van der Waals surface area (Å²) in [5, 5.41) is 0. The number of amides is 1. The zero-order chi connectivity index (χ0) is 16.2. The molecule has 23 heavy (non-hydrogen) atoms. The summed E-state index contributed by atoms with van der Waals surface area (Å²) in [5.41, 5.74) is 7.06. The lowest BCUT2D eigenvalue weighted by atomic mass is 9.93. The van der Waals surface area contributed by atoms with Gasteiger partial charge in [-0.15, -0.1) is 0 Å². The van der Waals surface area contributed by atoms with Crippen LogP contribution in [0.2, 0.25) is 0 Å². The number of carbonyl (C=O) groups is 1. The summed E-state index contributed by atoms with van der Waals surface area (Å²) in [6.07, 6.45) is 3.95. The number of nitrogens with zero attached hydrogens (tertiary/aromatic N) is 1. The number of hydrogen-bond donors (Lipinski definition) is 1. The molecule has 0 aromatic heterocycles. The van der Waals surface area contributed by atoms with Gasteiger partial charge in [0.05, 0.1) is 19.3 Å². The van der Waals surface area contributed by atoms with Crippen LogP contribution in [0.5, 0.6) is 0 Å². The van der Waals surface area contributed by atoms with Crippen molar-refractivity contribution < 1.29 is 14.3 Å². The van der Waals surface area contributed by atoms with E-state index in [1.54, 1.807) is 12.1 Å². The van der Waals surface area contributed by atoms with Gasteiger partial charge in [-0.05, 0) is 30.5 Å². The van der Waals surface area contributed by atoms with E-state index >= 15 is 0 Å². The van der Waals surface area contributed by atoms with Crippen molar-refractivity contribution in [3.63, 3.8) is 0 Å². The Morgan fingerprint density at radius 3 is 2.83 bits per heavy atom. The summed E-state index contributed by atoms with van der Waals surface area (Å²) in [4.78, 5) is 13.7. The highest BCUT2D eigenvalue weighted by Gasteiger charge is 2.38. The third kappa shape index (κ3) is 3.74. The molecule has 1 aromatic rings. The molecule has 1 aliphatic carbocycles. The van der Waals surface area contributed by atoms with Crippen LogP contribution in [0.15, 0.2) is 24.3 Å². The lowest BCUT2D eigenvalue weighted by Crippen LogP contribution is -2.50. The summed E-state index contributed by atoms with van der Waals surface area (Å²) in [6, 6.07) is 8.01. The van der Waals surface area contributed by atoms with Crippen molar-refractivity contribution in [3.05, 3.63) is 35.4 Å². The van der Waals surface area contributed by atoms with E-state index in [0.717, 1.165) is 32.7 Å². The highest BCUT2D eigenvalue weighted by Crippen LogP contribution is 2.34. The van der Waals surface area contributed by atoms with Crippen LogP contribution in [0.3, 0.4) is 0 Å². The Balaban J connectivity index is 1.70. The number of primary amides is 1. The highest BCUT2D eigenvalue weighted by molar-refractivity contribution is 5.92. The van der Waals surface area contributed by atoms with Crippen LogP contribution >= 0.6 is 0 Å². The number of morpholine rings is 1. The van der Waals surface area contributed by atoms with E-state index in [2.05, 4.69) is 4.90 Å². The molecule has 2 N–H and O–H groups in total. The largest absolute Gasteiger partial charge is 0.381 e. The molecule has 1 saturated carbocycles. The second-order valence-corrected chi connectivity index (χ2v) is 6.54. The zero-order valence-electron chi connectivity index (χ0n) is 13.7. The van der Waals surface area contributed by atoms with E-state index in [0.29, 0.717) is 23.6 Å². The molecule has 126 valence electrons. The smallest absolute Gasteiger partial charge is 0.248 e. The summed E-state index contributed by atoms with van der Waals surface area (Å²) >= 11 is 0. The van der Waals surface area contributed by atoms with Crippen LogP contribution in [0, 0.1) is 5.92 Å². The molecule has 5 heteroatoms. The van der Waals surface area contributed by atoms with E-state index in [1.807, 2.05) is 19.2 Å². The minimum absolute atomic E-state index is 0.349. The van der Waals surface area contributed by atoms with Crippen molar-refractivity contribution >= 4 is 5.91 Å². The zero-order valence-corrected chi connectivity index (χ0v) is 13.7. The number of methoxy groups -OCH3 is 1. The van der Waals surface area contributed by atoms with Gasteiger partial charge in [-0.2, -0.15) is 0 Å². The van der Waals surface area contributed by atoms with Crippen molar-refractivity contribution in [1.82, 2.24) is 4.90 Å². The molecule has 0 bridgehead atoms. The van der Waals surface area contributed by atoms with Crippen molar-refractivity contribution in [3.8, 4) is 0 Å². The highest BCUT2D eigenvalue weighted by atomic mass is 16.5. The van der Waals surface area contributed by atoms with Gasteiger partial charge in [-0.3, -0.25) is 9.69 Å². The third-order valence-electron chi connectivity index (χ3n) is 5.21. The number of hydrogen-bond acceptors (Lipinski definition) is 4. The van der Waals surface area contributed by atoms with Gasteiger partial charge in [0.25, 0.3) is 0 Å². The summed E-state index contributed by atoms with van der Waals surface area (Å²) < 4.78 is 11.4. The second kappa shape index (κ2) is 7.43. The number of benzene rings is 1. The molecule has 3 rings (SSSR count). The molecule has 1 aliphatic heterocycles. The molecule has 0 unspecified atom stereocenters. The Morgan fingerprint density at radius 2 is 2.13 bits per heavy atom. The predicted octanol–water partition coefficient (Wildman–Crippen LogP) is 1.80. The van der Waals surface area contributed by atoms with E-state index in [9.17, 15) is 4.79 Å². The molecule has 1 amide bonds. The number of carbonyl (C=O) groups excluding carboxylic acids is 1. The van der Waals surface area contributed by atoms with Crippen molar-refractivity contribution in [1.29, 1.82) is 0 Å². The van der Waals surface area contributed by atoms with Gasteiger partial charge in [0.2, 0.25) is 5.91 Å². The fourth-order valence-electron chi connectivity index (χ4n) is 3.94. The van der Waals surface area contributed by atoms with Crippen LogP contribution in [-0.4, -0.2) is 49.8 Å². The van der Waals surface area contributed by atoms with Crippen molar-refractivity contribution in [2.45, 2.75) is 38.0 Å². The van der Waals surface area contributed by atoms with Gasteiger partial charge in [-0.1, -0.05) is 18.6 Å². The minimum Gasteiger partial charge on any atom is -0.381 e. The Morgan fingerprint density at radius 1 is 1.35 bits per heavy atom. The van der Waals surface area contributed by atoms with Crippen LogP contribution in [0.1, 0.15) is 35.2 Å².